The smallest absolute Gasteiger partial charge is 0.105 e. The highest BCUT2D eigenvalue weighted by Gasteiger charge is 2.31. The van der Waals surface area contributed by atoms with E-state index in [4.69, 9.17) is 4.74 Å². The molecular weight excluding hydrogens is 214 g/mol. The Kier molecular flexibility index (Phi) is 5.90. The Morgan fingerprint density at radius 3 is 2.65 bits per heavy atom. The highest BCUT2D eigenvalue weighted by Crippen LogP contribution is 2.27. The normalized spacial score (nSPS) is 19.0. The third-order valence-electron chi connectivity index (χ3n) is 3.36. The average Bonchev–Trinajstić information content (AvgIpc) is 3.14. The molecule has 17 heavy (non-hydrogen) atoms. The van der Waals surface area contributed by atoms with Gasteiger partial charge in [-0.25, -0.2) is 0 Å². The Morgan fingerprint density at radius 2 is 2.18 bits per heavy atom. The van der Waals surface area contributed by atoms with Gasteiger partial charge in [-0.3, -0.25) is 10.2 Å². The average molecular weight is 239 g/mol. The van der Waals surface area contributed by atoms with E-state index in [1.807, 2.05) is 13.8 Å². The van der Waals surface area contributed by atoms with Crippen molar-refractivity contribution < 1.29 is 4.74 Å². The largest absolute Gasteiger partial charge is 0.383 e. The van der Waals surface area contributed by atoms with Crippen LogP contribution in [0.3, 0.4) is 0 Å². The monoisotopic (exact) mass is 239 g/mol. The van der Waals surface area contributed by atoms with E-state index in [1.54, 1.807) is 7.11 Å². The Hall–Kier alpha value is -0.630. The van der Waals surface area contributed by atoms with Gasteiger partial charge in [-0.2, -0.15) is 5.26 Å². The van der Waals surface area contributed by atoms with Crippen molar-refractivity contribution >= 4 is 0 Å². The maximum Gasteiger partial charge on any atom is 0.105 e. The van der Waals surface area contributed by atoms with Gasteiger partial charge in [0, 0.05) is 26.2 Å². The third kappa shape index (κ3) is 5.03. The van der Waals surface area contributed by atoms with Gasteiger partial charge in [0.05, 0.1) is 12.7 Å². The molecule has 4 nitrogen and oxygen atoms in total. The molecule has 1 aliphatic carbocycles. The van der Waals surface area contributed by atoms with Crippen molar-refractivity contribution in [3.05, 3.63) is 0 Å². The predicted molar refractivity (Wildman–Crippen MR) is 68.8 cm³/mol. The SMILES string of the molecule is CCNC(C)(C#N)CCN(CCOC)C1CC1. The Bertz CT molecular complexity index is 260. The van der Waals surface area contributed by atoms with E-state index >= 15 is 0 Å². The zero-order valence-electron chi connectivity index (χ0n) is 11.3. The first-order valence-electron chi connectivity index (χ1n) is 6.54. The number of rotatable bonds is 9. The van der Waals surface area contributed by atoms with Gasteiger partial charge < -0.3 is 4.74 Å². The maximum atomic E-state index is 9.20. The molecule has 1 atom stereocenters. The van der Waals surface area contributed by atoms with E-state index in [-0.39, 0.29) is 0 Å². The fourth-order valence-corrected chi connectivity index (χ4v) is 2.07. The van der Waals surface area contributed by atoms with E-state index in [1.165, 1.54) is 12.8 Å². The van der Waals surface area contributed by atoms with Gasteiger partial charge in [0.1, 0.15) is 5.54 Å². The molecule has 0 bridgehead atoms. The van der Waals surface area contributed by atoms with Crippen LogP contribution in [0.25, 0.3) is 0 Å². The van der Waals surface area contributed by atoms with E-state index < -0.39 is 5.54 Å². The third-order valence-corrected chi connectivity index (χ3v) is 3.36. The second-order valence-corrected chi connectivity index (χ2v) is 4.98. The van der Waals surface area contributed by atoms with Crippen molar-refractivity contribution in [1.29, 1.82) is 5.26 Å². The maximum absolute atomic E-state index is 9.20. The van der Waals surface area contributed by atoms with Crippen molar-refractivity contribution in [2.75, 3.05) is 33.4 Å². The molecule has 1 unspecified atom stereocenters. The molecule has 0 radical (unpaired) electrons. The van der Waals surface area contributed by atoms with Gasteiger partial charge in [-0.1, -0.05) is 6.92 Å². The van der Waals surface area contributed by atoms with Gasteiger partial charge in [0.15, 0.2) is 0 Å². The molecule has 1 aliphatic rings. The number of hydrogen-bond acceptors (Lipinski definition) is 4. The summed E-state index contributed by atoms with van der Waals surface area (Å²) in [5.74, 6) is 0. The molecule has 4 heteroatoms. The highest BCUT2D eigenvalue weighted by atomic mass is 16.5. The molecular formula is C13H25N3O. The minimum absolute atomic E-state index is 0.394. The molecule has 98 valence electrons. The molecule has 1 saturated carbocycles. The first-order valence-corrected chi connectivity index (χ1v) is 6.54. The van der Waals surface area contributed by atoms with E-state index in [0.29, 0.717) is 0 Å². The van der Waals surface area contributed by atoms with E-state index in [0.717, 1.165) is 38.7 Å². The second-order valence-electron chi connectivity index (χ2n) is 4.98. The zero-order valence-corrected chi connectivity index (χ0v) is 11.3. The lowest BCUT2D eigenvalue weighted by Crippen LogP contribution is -2.44. The molecule has 0 saturated heterocycles. The van der Waals surface area contributed by atoms with Crippen LogP contribution in [0.15, 0.2) is 0 Å². The number of hydrogen-bond donors (Lipinski definition) is 1. The van der Waals surface area contributed by atoms with Gasteiger partial charge >= 0.3 is 0 Å². The standard InChI is InChI=1S/C13H25N3O/c1-4-15-13(2,11-14)7-8-16(9-10-17-3)12-5-6-12/h12,15H,4-10H2,1-3H3. The summed E-state index contributed by atoms with van der Waals surface area (Å²) in [5, 5.41) is 12.5. The number of nitriles is 1. The summed E-state index contributed by atoms with van der Waals surface area (Å²) in [6.45, 7) is 7.60. The first kappa shape index (κ1) is 14.4. The summed E-state index contributed by atoms with van der Waals surface area (Å²) in [6.07, 6.45) is 3.47. The summed E-state index contributed by atoms with van der Waals surface area (Å²) in [7, 11) is 1.74. The molecule has 0 aromatic heterocycles. The number of nitrogens with one attached hydrogen (secondary N) is 1. The summed E-state index contributed by atoms with van der Waals surface area (Å²) in [6, 6.07) is 3.11. The number of ether oxygens (including phenoxy) is 1. The van der Waals surface area contributed by atoms with Crippen molar-refractivity contribution in [2.24, 2.45) is 0 Å². The van der Waals surface area contributed by atoms with Crippen LogP contribution in [0, 0.1) is 11.3 Å². The molecule has 0 amide bonds. The molecule has 0 aromatic rings. The van der Waals surface area contributed by atoms with Crippen LogP contribution in [-0.4, -0.2) is 49.8 Å². The van der Waals surface area contributed by atoms with Crippen molar-refractivity contribution in [3.8, 4) is 6.07 Å². The summed E-state index contributed by atoms with van der Waals surface area (Å²) in [5.41, 5.74) is -0.394. The minimum Gasteiger partial charge on any atom is -0.383 e. The van der Waals surface area contributed by atoms with Crippen LogP contribution in [-0.2, 0) is 4.74 Å². The van der Waals surface area contributed by atoms with Gasteiger partial charge in [-0.15, -0.1) is 0 Å². The van der Waals surface area contributed by atoms with Gasteiger partial charge in [0.2, 0.25) is 0 Å². The van der Waals surface area contributed by atoms with Crippen LogP contribution < -0.4 is 5.32 Å². The fourth-order valence-electron chi connectivity index (χ4n) is 2.07. The molecule has 0 spiro atoms. The summed E-state index contributed by atoms with van der Waals surface area (Å²) in [4.78, 5) is 2.45. The quantitative estimate of drug-likeness (QED) is 0.660. The van der Waals surface area contributed by atoms with Crippen LogP contribution in [0.4, 0.5) is 0 Å². The van der Waals surface area contributed by atoms with Crippen molar-refractivity contribution in [2.45, 2.75) is 44.7 Å². The Morgan fingerprint density at radius 1 is 1.47 bits per heavy atom. The zero-order chi connectivity index (χ0) is 12.7. The first-order chi connectivity index (χ1) is 8.15. The van der Waals surface area contributed by atoms with Crippen LogP contribution in [0.1, 0.15) is 33.1 Å². The fraction of sp³-hybridized carbons (Fsp3) is 0.923. The predicted octanol–water partition coefficient (Wildman–Crippen LogP) is 1.38. The summed E-state index contributed by atoms with van der Waals surface area (Å²) < 4.78 is 5.13. The van der Waals surface area contributed by atoms with Crippen LogP contribution >= 0.6 is 0 Å². The Labute approximate surface area is 105 Å². The lowest BCUT2D eigenvalue weighted by molar-refractivity contribution is 0.138. The van der Waals surface area contributed by atoms with Gasteiger partial charge in [-0.05, 0) is 32.7 Å². The van der Waals surface area contributed by atoms with Crippen molar-refractivity contribution in [3.63, 3.8) is 0 Å². The Balaban J connectivity index is 2.36. The molecule has 0 aliphatic heterocycles. The second kappa shape index (κ2) is 6.95. The lowest BCUT2D eigenvalue weighted by atomic mass is 9.99. The van der Waals surface area contributed by atoms with Crippen molar-refractivity contribution in [1.82, 2.24) is 10.2 Å². The highest BCUT2D eigenvalue weighted by molar-refractivity contribution is 5.04. The van der Waals surface area contributed by atoms with E-state index in [2.05, 4.69) is 16.3 Å². The van der Waals surface area contributed by atoms with Crippen LogP contribution in [0.2, 0.25) is 0 Å². The van der Waals surface area contributed by atoms with Crippen LogP contribution in [0.5, 0.6) is 0 Å². The summed E-state index contributed by atoms with van der Waals surface area (Å²) >= 11 is 0. The molecule has 0 heterocycles. The number of nitrogens with zero attached hydrogens (tertiary/aromatic N) is 2. The van der Waals surface area contributed by atoms with E-state index in [9.17, 15) is 5.26 Å². The molecule has 1 fully saturated rings. The molecule has 1 N–H and O–H groups in total. The topological polar surface area (TPSA) is 48.3 Å². The minimum atomic E-state index is -0.394. The number of methoxy groups -OCH3 is 1. The lowest BCUT2D eigenvalue weighted by Gasteiger charge is -2.28. The molecule has 0 aromatic carbocycles. The van der Waals surface area contributed by atoms with Gasteiger partial charge in [0.25, 0.3) is 0 Å². The molecule has 1 rings (SSSR count).